The van der Waals surface area contributed by atoms with Crippen LogP contribution in [0.5, 0.6) is 0 Å². The molecule has 0 aliphatic heterocycles. The van der Waals surface area contributed by atoms with Crippen molar-refractivity contribution in [2.45, 2.75) is 0 Å². The van der Waals surface area contributed by atoms with Gasteiger partial charge in [-0.15, -0.1) is 18.2 Å². The summed E-state index contributed by atoms with van der Waals surface area (Å²) in [5, 5.41) is 0. The van der Waals surface area contributed by atoms with Crippen LogP contribution < -0.4 is 0 Å². The minimum atomic E-state index is -0.662. The molecule has 0 nitrogen and oxygen atoms in total. The van der Waals surface area contributed by atoms with Gasteiger partial charge < -0.3 is 7.43 Å². The first kappa shape index (κ1) is 12.6. The van der Waals surface area contributed by atoms with Crippen molar-refractivity contribution >= 4 is 0 Å². The van der Waals surface area contributed by atoms with Crippen LogP contribution in [-0.4, -0.2) is 0 Å². The Bertz CT molecular complexity index is 171. The van der Waals surface area contributed by atoms with Crippen LogP contribution in [0.25, 0.3) is 0 Å². The van der Waals surface area contributed by atoms with E-state index in [1.165, 1.54) is 6.07 Å². The Labute approximate surface area is 78.0 Å². The first-order chi connectivity index (χ1) is 3.79. The summed E-state index contributed by atoms with van der Waals surface area (Å²) in [6.07, 6.45) is 0. The normalized spacial score (nSPS) is 7.40. The second-order valence-electron chi connectivity index (χ2n) is 1.35. The fraction of sp³-hybridized carbons (Fsp3) is 0. The molecule has 0 saturated heterocycles. The Morgan fingerprint density at radius 1 is 1.10 bits per heavy atom. The topological polar surface area (TPSA) is 0 Å². The van der Waals surface area contributed by atoms with Gasteiger partial charge in [0.2, 0.25) is 0 Å². The minimum absolute atomic E-state index is 0. The Morgan fingerprint density at radius 2 is 1.50 bits per heavy atom. The van der Waals surface area contributed by atoms with E-state index in [2.05, 4.69) is 0 Å². The van der Waals surface area contributed by atoms with Gasteiger partial charge in [0.15, 0.2) is 0 Å². The summed E-state index contributed by atoms with van der Waals surface area (Å²) in [5.41, 5.74) is 0. The van der Waals surface area contributed by atoms with Crippen molar-refractivity contribution in [3.05, 3.63) is 43.3 Å². The summed E-state index contributed by atoms with van der Waals surface area (Å²) in [7, 11) is 0. The van der Waals surface area contributed by atoms with Crippen LogP contribution in [0.15, 0.2) is 18.2 Å². The molecule has 0 aliphatic carbocycles. The van der Waals surface area contributed by atoms with Crippen molar-refractivity contribution in [2.24, 2.45) is 0 Å². The number of hydrogen-bond donors (Lipinski definition) is 0. The van der Waals surface area contributed by atoms with E-state index in [-0.39, 0.29) is 33.3 Å². The van der Waals surface area contributed by atoms with Crippen molar-refractivity contribution in [3.8, 4) is 0 Å². The molecule has 0 bridgehead atoms. The van der Waals surface area contributed by atoms with Gasteiger partial charge in [-0.1, -0.05) is 0 Å². The Balaban J connectivity index is 0. The van der Waals surface area contributed by atoms with Crippen molar-refractivity contribution in [1.82, 2.24) is 0 Å². The molecule has 1 aromatic rings. The van der Waals surface area contributed by atoms with E-state index in [1.54, 1.807) is 0 Å². The Kier molecular flexibility index (Phi) is 7.21. The van der Waals surface area contributed by atoms with Gasteiger partial charge in [0.25, 0.3) is 0 Å². The van der Waals surface area contributed by atoms with Gasteiger partial charge in [0.05, 0.1) is 0 Å². The molecule has 0 heterocycles. The third kappa shape index (κ3) is 3.88. The largest absolute Gasteiger partial charge is 0.358 e. The number of halogens is 2. The molecule has 53 valence electrons. The van der Waals surface area contributed by atoms with Crippen LogP contribution >= 0.6 is 0 Å². The molecule has 0 fully saturated rings. The maximum absolute atomic E-state index is 11.9. The van der Waals surface area contributed by atoms with Crippen molar-refractivity contribution in [2.75, 3.05) is 0 Å². The molecule has 0 aliphatic rings. The second kappa shape index (κ2) is 5.71. The van der Waals surface area contributed by atoms with Crippen LogP contribution in [0.4, 0.5) is 8.78 Å². The van der Waals surface area contributed by atoms with Crippen molar-refractivity contribution in [3.63, 3.8) is 0 Å². The van der Waals surface area contributed by atoms with Gasteiger partial charge in [-0.05, 0) is 0 Å². The molecular weight excluding hydrogens is 167 g/mol. The molecule has 0 aromatic heterocycles. The molecule has 1 radical (unpaired) electrons. The third-order valence-electron chi connectivity index (χ3n) is 0.724. The molecule has 0 saturated carbocycles. The molecule has 0 amide bonds. The summed E-state index contributed by atoms with van der Waals surface area (Å²) in [5.74, 6) is -1.32. The van der Waals surface area contributed by atoms with E-state index < -0.39 is 11.6 Å². The first-order valence-electron chi connectivity index (χ1n) is 2.12. The van der Waals surface area contributed by atoms with Crippen LogP contribution in [-0.2, 0) is 25.8 Å². The van der Waals surface area contributed by atoms with E-state index in [9.17, 15) is 8.78 Å². The average Bonchev–Trinajstić information content (AvgIpc) is 1.64. The second-order valence-corrected chi connectivity index (χ2v) is 1.35. The van der Waals surface area contributed by atoms with Gasteiger partial charge in [-0.2, -0.15) is 6.07 Å². The van der Waals surface area contributed by atoms with E-state index in [0.29, 0.717) is 0 Å². The van der Waals surface area contributed by atoms with Crippen LogP contribution in [0.3, 0.4) is 0 Å². The fourth-order valence-electron chi connectivity index (χ4n) is 0.414. The standard InChI is InChI=1S/C6H3F2.CH3.Sc/c7-5-2-1-3-6(8)4-5;;/h1-3H;1H3;/q2*-1;. The predicted molar refractivity (Wildman–Crippen MR) is 31.6 cm³/mol. The molecule has 3 heteroatoms. The zero-order chi connectivity index (χ0) is 5.98. The van der Waals surface area contributed by atoms with Gasteiger partial charge in [0.1, 0.15) is 0 Å². The van der Waals surface area contributed by atoms with E-state index in [1.807, 2.05) is 6.07 Å². The molecule has 0 spiro atoms. The summed E-state index contributed by atoms with van der Waals surface area (Å²) >= 11 is 0. The number of benzene rings is 1. The van der Waals surface area contributed by atoms with Crippen LogP contribution in [0.1, 0.15) is 0 Å². The van der Waals surface area contributed by atoms with Gasteiger partial charge in [-0.25, -0.2) is 8.78 Å². The SMILES string of the molecule is Fc1[c-]c(F)ccc1.[CH3-].[Sc]. The predicted octanol–water partition coefficient (Wildman–Crippen LogP) is 2.21. The Hall–Kier alpha value is -0.0499. The molecule has 0 unspecified atom stereocenters. The fourth-order valence-corrected chi connectivity index (χ4v) is 0.414. The monoisotopic (exact) mass is 173 g/mol. The molecule has 1 aromatic carbocycles. The average molecular weight is 173 g/mol. The van der Waals surface area contributed by atoms with E-state index >= 15 is 0 Å². The minimum Gasteiger partial charge on any atom is -0.358 e. The molecule has 0 N–H and O–H groups in total. The first-order valence-corrected chi connectivity index (χ1v) is 2.12. The quantitative estimate of drug-likeness (QED) is 0.527. The molecule has 1 rings (SSSR count). The summed E-state index contributed by atoms with van der Waals surface area (Å²) in [4.78, 5) is 0. The zero-order valence-corrected chi connectivity index (χ0v) is 7.37. The maximum atomic E-state index is 11.9. The summed E-state index contributed by atoms with van der Waals surface area (Å²) in [6.45, 7) is 0. The van der Waals surface area contributed by atoms with E-state index in [4.69, 9.17) is 0 Å². The van der Waals surface area contributed by atoms with Crippen LogP contribution in [0.2, 0.25) is 0 Å². The number of rotatable bonds is 0. The van der Waals surface area contributed by atoms with Crippen molar-refractivity contribution in [1.29, 1.82) is 0 Å². The zero-order valence-electron chi connectivity index (χ0n) is 5.57. The number of hydrogen-bond acceptors (Lipinski definition) is 0. The summed E-state index contributed by atoms with van der Waals surface area (Å²) < 4.78 is 23.7. The smallest absolute Gasteiger partial charge is 0.0136 e. The Morgan fingerprint density at radius 3 is 1.70 bits per heavy atom. The maximum Gasteiger partial charge on any atom is 0.0136 e. The molecular formula is C7H6F2Sc-2. The molecule has 10 heavy (non-hydrogen) atoms. The van der Waals surface area contributed by atoms with E-state index in [0.717, 1.165) is 12.1 Å². The van der Waals surface area contributed by atoms with Crippen molar-refractivity contribution < 1.29 is 34.6 Å². The van der Waals surface area contributed by atoms with Gasteiger partial charge in [0, 0.05) is 37.5 Å². The summed E-state index contributed by atoms with van der Waals surface area (Å²) in [6, 6.07) is 5.41. The molecule has 0 atom stereocenters. The third-order valence-corrected chi connectivity index (χ3v) is 0.724. The van der Waals surface area contributed by atoms with Crippen LogP contribution in [0, 0.1) is 25.1 Å². The van der Waals surface area contributed by atoms with Gasteiger partial charge in [-0.3, -0.25) is 0 Å². The van der Waals surface area contributed by atoms with Gasteiger partial charge >= 0.3 is 0 Å².